The molecule has 0 saturated heterocycles. The second-order valence-corrected chi connectivity index (χ2v) is 9.43. The van der Waals surface area contributed by atoms with E-state index in [2.05, 4.69) is 109 Å². The number of H-pyrrole nitrogens is 1. The number of nitrogens with one attached hydrogen (secondary N) is 1. The third-order valence-electron chi connectivity index (χ3n) is 1.99. The molecule has 0 unspecified atom stereocenters. The SMILES string of the molecule is C[C-](C)C.C[C-](C)C.C[C](C)=[Zr].Cl.Cl.[c-]1ccc[nH]1.c1ccc2[cH-]ccc2c1. The van der Waals surface area contributed by atoms with Crippen LogP contribution in [-0.2, 0) is 24.2 Å². The number of fused-ring (bicyclic) bond motifs is 1. The summed E-state index contributed by atoms with van der Waals surface area (Å²) in [5.41, 5.74) is 0. The molecule has 4 heteroatoms. The van der Waals surface area contributed by atoms with Crippen LogP contribution in [0.4, 0.5) is 0 Å². The van der Waals surface area contributed by atoms with E-state index >= 15 is 0 Å². The number of hydrogen-bond acceptors (Lipinski definition) is 0. The van der Waals surface area contributed by atoms with Crippen molar-refractivity contribution in [1.29, 1.82) is 0 Å². The molecule has 0 aliphatic carbocycles. The van der Waals surface area contributed by atoms with Crippen LogP contribution in [0.15, 0.2) is 60.8 Å². The van der Waals surface area contributed by atoms with Crippen molar-refractivity contribution in [2.75, 3.05) is 0 Å². The van der Waals surface area contributed by atoms with Crippen molar-refractivity contribution in [3.8, 4) is 0 Å². The summed E-state index contributed by atoms with van der Waals surface area (Å²) in [6.07, 6.45) is 4.56. The minimum atomic E-state index is 0. The average Bonchev–Trinajstić information content (AvgIpc) is 3.20. The zero-order valence-electron chi connectivity index (χ0n) is 18.6. The Balaban J connectivity index is -0.000000134. The summed E-state index contributed by atoms with van der Waals surface area (Å²) in [5, 5.41) is 2.66. The maximum Gasteiger partial charge on any atom is -0.0809 e. The van der Waals surface area contributed by atoms with Gasteiger partial charge in [-0.3, -0.25) is 0 Å². The van der Waals surface area contributed by atoms with E-state index in [0.29, 0.717) is 0 Å². The molecule has 2 aromatic carbocycles. The number of aromatic nitrogens is 1. The van der Waals surface area contributed by atoms with Crippen molar-refractivity contribution in [2.45, 2.75) is 55.4 Å². The summed E-state index contributed by atoms with van der Waals surface area (Å²) < 4.78 is 1.51. The van der Waals surface area contributed by atoms with Gasteiger partial charge in [-0.15, -0.1) is 60.7 Å². The monoisotopic (exact) mass is 499 g/mol. The summed E-state index contributed by atoms with van der Waals surface area (Å²) in [6.45, 7) is 16.7. The van der Waals surface area contributed by atoms with Crippen LogP contribution in [0.5, 0.6) is 0 Å². The first-order valence-corrected chi connectivity index (χ1v) is 10.0. The number of rotatable bonds is 0. The molecule has 1 N–H and O–H groups in total. The van der Waals surface area contributed by atoms with Gasteiger partial charge < -0.3 is 16.8 Å². The van der Waals surface area contributed by atoms with Crippen molar-refractivity contribution in [2.24, 2.45) is 0 Å². The number of aromatic amines is 1. The Kier molecular flexibility index (Phi) is 30.5. The molecule has 28 heavy (non-hydrogen) atoms. The standard InChI is InChI=1S/C9H7.C4H4N.2C4H9.C3H6.2ClH.Zr/c1-2-5-9-7-3-6-8(9)4-1;1-2-4-5-3-1;2*1-4(2)3;1-3-2;;;/h1-7H;1-3,5H;2*1-3H3;1-2H3;2*1H;/q4*-1;;;;. The molecule has 0 radical (unpaired) electrons. The Morgan fingerprint density at radius 1 is 0.893 bits per heavy atom. The van der Waals surface area contributed by atoms with Gasteiger partial charge in [0.25, 0.3) is 0 Å². The molecule has 1 nitrogen and oxygen atoms in total. The van der Waals surface area contributed by atoms with Gasteiger partial charge in [-0.05, 0) is 0 Å². The Morgan fingerprint density at radius 2 is 1.36 bits per heavy atom. The van der Waals surface area contributed by atoms with Gasteiger partial charge in [0, 0.05) is 0 Å². The largest absolute Gasteiger partial charge is 0.484 e. The topological polar surface area (TPSA) is 15.8 Å². The van der Waals surface area contributed by atoms with Gasteiger partial charge in [-0.1, -0.05) is 6.07 Å². The summed E-state index contributed by atoms with van der Waals surface area (Å²) in [7, 11) is 0. The third-order valence-corrected chi connectivity index (χ3v) is 1.99. The minimum absolute atomic E-state index is 0. The van der Waals surface area contributed by atoms with Crippen LogP contribution in [0.1, 0.15) is 55.4 Å². The van der Waals surface area contributed by atoms with Crippen LogP contribution in [-0.4, -0.2) is 8.19 Å². The third kappa shape index (κ3) is 33.1. The van der Waals surface area contributed by atoms with Crippen molar-refractivity contribution in [3.63, 3.8) is 0 Å². The first-order chi connectivity index (χ1) is 12.2. The Hall–Kier alpha value is -0.557. The fourth-order valence-electron chi connectivity index (χ4n) is 1.31. The van der Waals surface area contributed by atoms with E-state index in [-0.39, 0.29) is 24.8 Å². The number of benzene rings is 1. The molecule has 0 bridgehead atoms. The van der Waals surface area contributed by atoms with Crippen LogP contribution in [0.2, 0.25) is 0 Å². The molecule has 0 aliphatic heterocycles. The van der Waals surface area contributed by atoms with Gasteiger partial charge in [0.2, 0.25) is 0 Å². The van der Waals surface area contributed by atoms with E-state index in [1.165, 1.54) is 25.8 Å². The Morgan fingerprint density at radius 3 is 1.68 bits per heavy atom. The molecule has 0 atom stereocenters. The molecule has 160 valence electrons. The second kappa shape index (κ2) is 24.5. The zero-order valence-corrected chi connectivity index (χ0v) is 22.7. The van der Waals surface area contributed by atoms with E-state index in [0.717, 1.165) is 0 Å². The van der Waals surface area contributed by atoms with Gasteiger partial charge in [0.15, 0.2) is 0 Å². The molecular weight excluding hydrogens is 464 g/mol. The number of halogens is 2. The molecule has 1 heterocycles. The normalized spacial score (nSPS) is 8.18. The summed E-state index contributed by atoms with van der Waals surface area (Å²) in [4.78, 5) is 2.74. The van der Waals surface area contributed by atoms with E-state index in [4.69, 9.17) is 0 Å². The first-order valence-electron chi connectivity index (χ1n) is 8.82. The van der Waals surface area contributed by atoms with Gasteiger partial charge in [-0.2, -0.15) is 77.4 Å². The second-order valence-electron chi connectivity index (χ2n) is 6.97. The Labute approximate surface area is 201 Å². The van der Waals surface area contributed by atoms with Crippen LogP contribution in [0, 0.1) is 18.0 Å². The molecule has 0 amide bonds. The van der Waals surface area contributed by atoms with Crippen LogP contribution in [0.3, 0.4) is 0 Å². The summed E-state index contributed by atoms with van der Waals surface area (Å²) >= 11 is 1.55. The molecule has 0 aliphatic rings. The van der Waals surface area contributed by atoms with Gasteiger partial charge in [-0.25, -0.2) is 0 Å². The average molecular weight is 502 g/mol. The van der Waals surface area contributed by atoms with Gasteiger partial charge in [0.1, 0.15) is 0 Å². The Bertz CT molecular complexity index is 581. The molecule has 0 fully saturated rings. The van der Waals surface area contributed by atoms with E-state index in [1.807, 2.05) is 18.3 Å². The van der Waals surface area contributed by atoms with E-state index in [1.54, 1.807) is 24.2 Å². The maximum absolute atomic E-state index is 2.74. The quantitative estimate of drug-likeness (QED) is 0.299. The summed E-state index contributed by atoms with van der Waals surface area (Å²) in [6, 6.07) is 18.4. The van der Waals surface area contributed by atoms with Crippen molar-refractivity contribution >= 4 is 38.8 Å². The predicted molar refractivity (Wildman–Crippen MR) is 131 cm³/mol. The number of hydrogen-bond donors (Lipinski definition) is 1. The fourth-order valence-corrected chi connectivity index (χ4v) is 1.31. The summed E-state index contributed by atoms with van der Waals surface area (Å²) in [5.74, 6) is 2.83. The van der Waals surface area contributed by atoms with Gasteiger partial charge >= 0.3 is 41.3 Å². The van der Waals surface area contributed by atoms with Crippen molar-refractivity contribution in [3.05, 3.63) is 78.8 Å². The molecule has 1 aromatic heterocycles. The van der Waals surface area contributed by atoms with E-state index in [9.17, 15) is 0 Å². The molecule has 0 spiro atoms. The maximum atomic E-state index is 2.74. The molecule has 3 aromatic rings. The first kappa shape index (κ1) is 34.9. The van der Waals surface area contributed by atoms with Gasteiger partial charge in [0.05, 0.1) is 0 Å². The molecular formula is C24H37Cl2NZr-4. The smallest absolute Gasteiger partial charge is 0.0809 e. The predicted octanol–water partition coefficient (Wildman–Crippen LogP) is 8.20. The zero-order chi connectivity index (χ0) is 20.4. The van der Waals surface area contributed by atoms with Crippen LogP contribution < -0.4 is 0 Å². The molecule has 3 rings (SSSR count). The van der Waals surface area contributed by atoms with Crippen LogP contribution in [0.25, 0.3) is 10.8 Å². The molecule has 0 saturated carbocycles. The fraction of sp³-hybridized carbons (Fsp3) is 0.333. The van der Waals surface area contributed by atoms with Crippen molar-refractivity contribution in [1.82, 2.24) is 4.98 Å². The van der Waals surface area contributed by atoms with E-state index < -0.39 is 0 Å². The minimum Gasteiger partial charge on any atom is -0.484 e. The van der Waals surface area contributed by atoms with Crippen LogP contribution >= 0.6 is 24.8 Å². The van der Waals surface area contributed by atoms with Crippen molar-refractivity contribution < 1.29 is 24.2 Å².